The summed E-state index contributed by atoms with van der Waals surface area (Å²) >= 11 is 0. The highest BCUT2D eigenvalue weighted by Gasteiger charge is 2.50. The van der Waals surface area contributed by atoms with Gasteiger partial charge in [-0.1, -0.05) is 12.1 Å². The first-order valence-electron chi connectivity index (χ1n) is 11.1. The standard InChI is InChI=1S/C23H32FN3O3/c1-25(15-18-4-6-19(24)7-5-18)16-20-14-23(22(29)30-20)8-12-27(13-9-23)21(28)17-26-10-2-3-11-26/h4-7,20H,2-3,8-17H2,1H3. The number of benzene rings is 1. The van der Waals surface area contributed by atoms with E-state index in [1.807, 2.05) is 11.9 Å². The molecule has 3 aliphatic heterocycles. The van der Waals surface area contributed by atoms with E-state index in [1.165, 1.54) is 25.0 Å². The van der Waals surface area contributed by atoms with E-state index >= 15 is 0 Å². The van der Waals surface area contributed by atoms with Crippen molar-refractivity contribution in [3.8, 4) is 0 Å². The Balaban J connectivity index is 1.26. The summed E-state index contributed by atoms with van der Waals surface area (Å²) in [7, 11) is 1.99. The lowest BCUT2D eigenvalue weighted by atomic mass is 9.76. The van der Waals surface area contributed by atoms with Gasteiger partial charge in [0.15, 0.2) is 0 Å². The zero-order valence-electron chi connectivity index (χ0n) is 17.8. The molecule has 1 aromatic rings. The molecule has 6 nitrogen and oxygen atoms in total. The quantitative estimate of drug-likeness (QED) is 0.665. The number of hydrogen-bond donors (Lipinski definition) is 0. The van der Waals surface area contributed by atoms with E-state index in [1.54, 1.807) is 12.1 Å². The van der Waals surface area contributed by atoms with Crippen LogP contribution in [0.3, 0.4) is 0 Å². The van der Waals surface area contributed by atoms with E-state index in [9.17, 15) is 14.0 Å². The average molecular weight is 418 g/mol. The van der Waals surface area contributed by atoms with Gasteiger partial charge in [-0.3, -0.25) is 19.4 Å². The summed E-state index contributed by atoms with van der Waals surface area (Å²) in [4.78, 5) is 31.5. The highest BCUT2D eigenvalue weighted by molar-refractivity contribution is 5.81. The summed E-state index contributed by atoms with van der Waals surface area (Å²) in [5, 5.41) is 0. The van der Waals surface area contributed by atoms with Crippen molar-refractivity contribution < 1.29 is 18.7 Å². The third-order valence-electron chi connectivity index (χ3n) is 6.84. The van der Waals surface area contributed by atoms with Crippen LogP contribution < -0.4 is 0 Å². The SMILES string of the molecule is CN(Cc1ccc(F)cc1)CC1CC2(CCN(C(=O)CN3CCCC3)CC2)C(=O)O1. The van der Waals surface area contributed by atoms with Gasteiger partial charge in [-0.2, -0.15) is 0 Å². The van der Waals surface area contributed by atoms with Crippen molar-refractivity contribution in [1.82, 2.24) is 14.7 Å². The fraction of sp³-hybridized carbons (Fsp3) is 0.652. The molecular weight excluding hydrogens is 385 g/mol. The molecule has 3 heterocycles. The topological polar surface area (TPSA) is 53.1 Å². The monoisotopic (exact) mass is 417 g/mol. The van der Waals surface area contributed by atoms with Crippen LogP contribution in [0, 0.1) is 11.2 Å². The van der Waals surface area contributed by atoms with Crippen LogP contribution in [0.25, 0.3) is 0 Å². The molecule has 0 aromatic heterocycles. The lowest BCUT2D eigenvalue weighted by Gasteiger charge is -2.37. The molecule has 1 spiro atoms. The number of carbonyl (C=O) groups is 2. The fourth-order valence-corrected chi connectivity index (χ4v) is 5.08. The molecule has 0 saturated carbocycles. The number of likely N-dealkylation sites (N-methyl/N-ethyl adjacent to an activating group) is 1. The number of esters is 1. The summed E-state index contributed by atoms with van der Waals surface area (Å²) in [6.45, 7) is 5.16. The minimum Gasteiger partial charge on any atom is -0.461 e. The summed E-state index contributed by atoms with van der Waals surface area (Å²) < 4.78 is 18.8. The molecule has 3 fully saturated rings. The first kappa shape index (κ1) is 21.2. The van der Waals surface area contributed by atoms with Gasteiger partial charge in [-0.25, -0.2) is 4.39 Å². The second-order valence-electron chi connectivity index (χ2n) is 9.20. The first-order valence-corrected chi connectivity index (χ1v) is 11.1. The molecule has 164 valence electrons. The van der Waals surface area contributed by atoms with Crippen LogP contribution in [-0.2, 0) is 20.9 Å². The van der Waals surface area contributed by atoms with Crippen LogP contribution >= 0.6 is 0 Å². The predicted molar refractivity (Wildman–Crippen MR) is 111 cm³/mol. The third-order valence-corrected chi connectivity index (χ3v) is 6.84. The molecule has 1 amide bonds. The van der Waals surface area contributed by atoms with Gasteiger partial charge in [-0.15, -0.1) is 0 Å². The summed E-state index contributed by atoms with van der Waals surface area (Å²) in [5.74, 6) is -0.152. The number of amides is 1. The molecular formula is C23H32FN3O3. The zero-order chi connectivity index (χ0) is 21.1. The van der Waals surface area contributed by atoms with Crippen LogP contribution in [0.15, 0.2) is 24.3 Å². The number of carbonyl (C=O) groups excluding carboxylic acids is 2. The van der Waals surface area contributed by atoms with Crippen LogP contribution in [0.1, 0.15) is 37.7 Å². The van der Waals surface area contributed by atoms with Crippen LogP contribution in [0.5, 0.6) is 0 Å². The number of ether oxygens (including phenoxy) is 1. The minimum atomic E-state index is -0.439. The Bertz CT molecular complexity index is 755. The molecule has 3 aliphatic rings. The van der Waals surface area contributed by atoms with E-state index in [2.05, 4.69) is 9.80 Å². The van der Waals surface area contributed by atoms with Crippen LogP contribution in [0.4, 0.5) is 4.39 Å². The number of nitrogens with zero attached hydrogens (tertiary/aromatic N) is 3. The Hall–Kier alpha value is -1.99. The van der Waals surface area contributed by atoms with Gasteiger partial charge in [0.25, 0.3) is 0 Å². The second kappa shape index (κ2) is 9.02. The van der Waals surface area contributed by atoms with E-state index in [-0.39, 0.29) is 23.8 Å². The summed E-state index contributed by atoms with van der Waals surface area (Å²) in [6, 6.07) is 6.49. The number of cyclic esters (lactones) is 1. The minimum absolute atomic E-state index is 0.102. The number of piperidine rings is 1. The molecule has 30 heavy (non-hydrogen) atoms. The second-order valence-corrected chi connectivity index (χ2v) is 9.20. The van der Waals surface area contributed by atoms with Gasteiger partial charge in [0, 0.05) is 32.6 Å². The molecule has 7 heteroatoms. The van der Waals surface area contributed by atoms with Gasteiger partial charge in [0.05, 0.1) is 12.0 Å². The Labute approximate surface area is 177 Å². The molecule has 1 atom stereocenters. The fourth-order valence-electron chi connectivity index (χ4n) is 5.08. The Morgan fingerprint density at radius 3 is 2.50 bits per heavy atom. The van der Waals surface area contributed by atoms with Crippen LogP contribution in [-0.4, -0.2) is 79.0 Å². The van der Waals surface area contributed by atoms with Crippen LogP contribution in [0.2, 0.25) is 0 Å². The number of rotatable bonds is 6. The van der Waals surface area contributed by atoms with Crippen molar-refractivity contribution in [3.05, 3.63) is 35.6 Å². The normalized spacial score (nSPS) is 24.0. The van der Waals surface area contributed by atoms with E-state index in [4.69, 9.17) is 4.74 Å². The van der Waals surface area contributed by atoms with Crippen molar-refractivity contribution in [2.45, 2.75) is 44.8 Å². The molecule has 3 saturated heterocycles. The molecule has 1 unspecified atom stereocenters. The van der Waals surface area contributed by atoms with Gasteiger partial charge in [0.2, 0.25) is 5.91 Å². The number of likely N-dealkylation sites (tertiary alicyclic amines) is 2. The third kappa shape index (κ3) is 4.83. The maximum atomic E-state index is 13.1. The smallest absolute Gasteiger partial charge is 0.312 e. The zero-order valence-corrected chi connectivity index (χ0v) is 17.8. The van der Waals surface area contributed by atoms with Crippen molar-refractivity contribution in [2.24, 2.45) is 5.41 Å². The first-order chi connectivity index (χ1) is 14.4. The molecule has 0 bridgehead atoms. The summed E-state index contributed by atoms with van der Waals surface area (Å²) in [6.07, 6.45) is 4.33. The van der Waals surface area contributed by atoms with Crippen molar-refractivity contribution in [2.75, 3.05) is 46.3 Å². The van der Waals surface area contributed by atoms with Crippen molar-refractivity contribution in [3.63, 3.8) is 0 Å². The Kier molecular flexibility index (Phi) is 6.39. The highest BCUT2D eigenvalue weighted by atomic mass is 19.1. The molecule has 0 N–H and O–H groups in total. The largest absolute Gasteiger partial charge is 0.461 e. The molecule has 0 aliphatic carbocycles. The van der Waals surface area contributed by atoms with Gasteiger partial charge >= 0.3 is 5.97 Å². The summed E-state index contributed by atoms with van der Waals surface area (Å²) in [5.41, 5.74) is 0.592. The van der Waals surface area contributed by atoms with Gasteiger partial charge < -0.3 is 9.64 Å². The highest BCUT2D eigenvalue weighted by Crippen LogP contribution is 2.43. The average Bonchev–Trinajstić information content (AvgIpc) is 3.32. The van der Waals surface area contributed by atoms with E-state index in [0.717, 1.165) is 18.7 Å². The Morgan fingerprint density at radius 1 is 1.17 bits per heavy atom. The lowest BCUT2D eigenvalue weighted by Crippen LogP contribution is -2.47. The molecule has 1 aromatic carbocycles. The molecule has 0 radical (unpaired) electrons. The predicted octanol–water partition coefficient (Wildman–Crippen LogP) is 2.28. The van der Waals surface area contributed by atoms with Crippen molar-refractivity contribution in [1.29, 1.82) is 0 Å². The van der Waals surface area contributed by atoms with E-state index in [0.29, 0.717) is 52.0 Å². The maximum Gasteiger partial charge on any atom is 0.312 e. The van der Waals surface area contributed by atoms with Crippen molar-refractivity contribution >= 4 is 11.9 Å². The number of hydrogen-bond acceptors (Lipinski definition) is 5. The number of halogens is 1. The molecule has 4 rings (SSSR count). The van der Waals surface area contributed by atoms with E-state index < -0.39 is 5.41 Å². The Morgan fingerprint density at radius 2 is 1.83 bits per heavy atom. The van der Waals surface area contributed by atoms with Gasteiger partial charge in [0.1, 0.15) is 11.9 Å². The van der Waals surface area contributed by atoms with Gasteiger partial charge in [-0.05, 0) is 63.5 Å². The lowest BCUT2D eigenvalue weighted by molar-refractivity contribution is -0.153. The maximum absolute atomic E-state index is 13.1.